The van der Waals surface area contributed by atoms with Crippen molar-refractivity contribution in [3.05, 3.63) is 184 Å². The lowest BCUT2D eigenvalue weighted by molar-refractivity contribution is -0.384. The van der Waals surface area contributed by atoms with Crippen LogP contribution in [0, 0.1) is 10.1 Å². The number of fused-ring (bicyclic) bond motifs is 1. The molecule has 7 rings (SSSR count). The molecule has 6 aromatic rings. The van der Waals surface area contributed by atoms with Gasteiger partial charge >= 0.3 is 0 Å². The van der Waals surface area contributed by atoms with E-state index in [1.165, 1.54) is 12.1 Å². The van der Waals surface area contributed by atoms with Crippen LogP contribution in [0.4, 0.5) is 5.69 Å². The van der Waals surface area contributed by atoms with E-state index in [2.05, 4.69) is 4.98 Å². The summed E-state index contributed by atoms with van der Waals surface area (Å²) in [6.45, 7) is 1.60. The molecule has 0 bridgehead atoms. The van der Waals surface area contributed by atoms with E-state index in [1.54, 1.807) is 6.07 Å². The summed E-state index contributed by atoms with van der Waals surface area (Å²) in [5, 5.41) is 12.4. The van der Waals surface area contributed by atoms with Crippen LogP contribution in [0.2, 0.25) is 0 Å². The monoisotopic (exact) mass is 684 g/mol. The van der Waals surface area contributed by atoms with Gasteiger partial charge < -0.3 is 28.7 Å². The summed E-state index contributed by atoms with van der Waals surface area (Å²) in [5.74, 6) is 0. The van der Waals surface area contributed by atoms with Gasteiger partial charge in [0.25, 0.3) is 5.69 Å². The number of benzene rings is 5. The van der Waals surface area contributed by atoms with E-state index in [0.29, 0.717) is 31.9 Å². The highest BCUT2D eigenvalue weighted by molar-refractivity contribution is 5.85. The molecule has 9 nitrogen and oxygen atoms in total. The number of H-pyrrole nitrogens is 1. The van der Waals surface area contributed by atoms with Gasteiger partial charge in [-0.3, -0.25) is 10.1 Å². The Labute approximate surface area is 296 Å². The van der Waals surface area contributed by atoms with Crippen LogP contribution in [0.1, 0.15) is 33.9 Å². The first-order valence-electron chi connectivity index (χ1n) is 17.1. The van der Waals surface area contributed by atoms with Crippen molar-refractivity contribution >= 4 is 16.6 Å². The largest absolute Gasteiger partial charge is 0.374 e. The third kappa shape index (κ3) is 8.60. The van der Waals surface area contributed by atoms with Gasteiger partial charge in [0, 0.05) is 29.3 Å². The number of rotatable bonds is 15. The Morgan fingerprint density at radius 1 is 0.608 bits per heavy atom. The maximum atomic E-state index is 11.6. The van der Waals surface area contributed by atoms with Crippen molar-refractivity contribution < 1.29 is 28.6 Å². The minimum Gasteiger partial charge on any atom is -0.374 e. The van der Waals surface area contributed by atoms with Gasteiger partial charge in [0.2, 0.25) is 0 Å². The topological polar surface area (TPSA) is 105 Å². The van der Waals surface area contributed by atoms with Gasteiger partial charge in [-0.1, -0.05) is 121 Å². The normalized spacial score (nSPS) is 20.4. The molecule has 1 saturated heterocycles. The smallest absolute Gasteiger partial charge is 0.271 e. The SMILES string of the molecule is O=[N+]([O-])c1ccc2c(C3O[C@H](COCc4ccccc4)[C@@H](OCc4ccccc4)[C@H](OCc4ccccc4)[C@H]3OCc3ccccc3)c[nH]c2c1. The Bertz CT molecular complexity index is 1970. The van der Waals surface area contributed by atoms with E-state index < -0.39 is 35.4 Å². The summed E-state index contributed by atoms with van der Waals surface area (Å²) >= 11 is 0. The molecule has 1 aliphatic heterocycles. The van der Waals surface area contributed by atoms with Gasteiger partial charge in [0.05, 0.1) is 43.5 Å². The van der Waals surface area contributed by atoms with Crippen LogP contribution in [0.25, 0.3) is 10.9 Å². The van der Waals surface area contributed by atoms with Gasteiger partial charge in [-0.15, -0.1) is 0 Å². The number of nitrogens with one attached hydrogen (secondary N) is 1. The zero-order valence-corrected chi connectivity index (χ0v) is 28.1. The third-order valence-corrected chi connectivity index (χ3v) is 9.10. The second-order valence-corrected chi connectivity index (χ2v) is 12.6. The van der Waals surface area contributed by atoms with E-state index in [1.807, 2.05) is 128 Å². The number of ether oxygens (including phenoxy) is 5. The molecule has 0 saturated carbocycles. The molecule has 1 fully saturated rings. The van der Waals surface area contributed by atoms with Crippen molar-refractivity contribution in [3.63, 3.8) is 0 Å². The van der Waals surface area contributed by atoms with Gasteiger partial charge in [0.1, 0.15) is 30.5 Å². The Hall–Kier alpha value is -5.16. The van der Waals surface area contributed by atoms with E-state index >= 15 is 0 Å². The first kappa shape index (κ1) is 34.3. The van der Waals surface area contributed by atoms with Gasteiger partial charge in [0.15, 0.2) is 0 Å². The van der Waals surface area contributed by atoms with E-state index in [0.717, 1.165) is 33.2 Å². The van der Waals surface area contributed by atoms with Crippen LogP contribution in [0.3, 0.4) is 0 Å². The molecule has 0 spiro atoms. The fourth-order valence-electron chi connectivity index (χ4n) is 6.53. The summed E-state index contributed by atoms with van der Waals surface area (Å²) in [7, 11) is 0. The number of nitrogens with zero attached hydrogens (tertiary/aromatic N) is 1. The summed E-state index contributed by atoms with van der Waals surface area (Å²) in [6.07, 6.45) is -1.14. The molecule has 0 aliphatic carbocycles. The number of nitro groups is 1. The highest BCUT2D eigenvalue weighted by Crippen LogP contribution is 2.41. The van der Waals surface area contributed by atoms with Crippen molar-refractivity contribution in [3.8, 4) is 0 Å². The Morgan fingerprint density at radius 2 is 1.10 bits per heavy atom. The fourth-order valence-corrected chi connectivity index (χ4v) is 6.53. The maximum Gasteiger partial charge on any atom is 0.271 e. The van der Waals surface area contributed by atoms with Gasteiger partial charge in [-0.05, 0) is 28.3 Å². The average molecular weight is 685 g/mol. The van der Waals surface area contributed by atoms with Crippen molar-refractivity contribution in [2.75, 3.05) is 6.61 Å². The van der Waals surface area contributed by atoms with Crippen molar-refractivity contribution in [1.82, 2.24) is 4.98 Å². The molecule has 260 valence electrons. The molecule has 2 heterocycles. The number of hydrogen-bond acceptors (Lipinski definition) is 7. The standard InChI is InChI=1S/C42H40N2O7/c45-44(46)34-21-22-35-36(24-43-37(35)23-34)39-41(49-27-32-17-9-3-10-18-32)42(50-28-33-19-11-4-12-20-33)40(48-26-31-15-7-2-8-16-31)38(51-39)29-47-25-30-13-5-1-6-14-30/h1-24,38-43H,25-29H2/t38-,39?,40-,41+,42+/m1/s1. The minimum atomic E-state index is -0.633. The van der Waals surface area contributed by atoms with Crippen LogP contribution >= 0.6 is 0 Å². The first-order chi connectivity index (χ1) is 25.1. The molecule has 1 aliphatic rings. The lowest BCUT2D eigenvalue weighted by atomic mass is 9.90. The van der Waals surface area contributed by atoms with Crippen molar-refractivity contribution in [1.29, 1.82) is 0 Å². The number of aromatic nitrogens is 1. The second-order valence-electron chi connectivity index (χ2n) is 12.6. The van der Waals surface area contributed by atoms with E-state index in [4.69, 9.17) is 23.7 Å². The van der Waals surface area contributed by atoms with Crippen LogP contribution in [-0.4, -0.2) is 40.9 Å². The molecular weight excluding hydrogens is 644 g/mol. The molecule has 1 N–H and O–H groups in total. The summed E-state index contributed by atoms with van der Waals surface area (Å²) in [5.41, 5.74) is 5.52. The molecule has 1 aromatic heterocycles. The third-order valence-electron chi connectivity index (χ3n) is 9.10. The number of aromatic amines is 1. The highest BCUT2D eigenvalue weighted by Gasteiger charge is 2.49. The molecule has 0 amide bonds. The predicted molar refractivity (Wildman–Crippen MR) is 194 cm³/mol. The molecule has 0 radical (unpaired) electrons. The highest BCUT2D eigenvalue weighted by atomic mass is 16.6. The lowest BCUT2D eigenvalue weighted by Gasteiger charge is -2.46. The zero-order valence-electron chi connectivity index (χ0n) is 28.1. The molecular formula is C42H40N2O7. The number of non-ortho nitro benzene ring substituents is 1. The fraction of sp³-hybridized carbons (Fsp3) is 0.238. The van der Waals surface area contributed by atoms with Crippen molar-refractivity contribution in [2.45, 2.75) is 56.9 Å². The van der Waals surface area contributed by atoms with Crippen LogP contribution in [0.5, 0.6) is 0 Å². The Balaban J connectivity index is 1.27. The molecule has 51 heavy (non-hydrogen) atoms. The number of hydrogen-bond donors (Lipinski definition) is 1. The van der Waals surface area contributed by atoms with Crippen LogP contribution in [0.15, 0.2) is 146 Å². The minimum absolute atomic E-state index is 0.00276. The zero-order chi connectivity index (χ0) is 34.8. The summed E-state index contributed by atoms with van der Waals surface area (Å²) in [6, 6.07) is 44.8. The van der Waals surface area contributed by atoms with Crippen LogP contribution < -0.4 is 0 Å². The van der Waals surface area contributed by atoms with Crippen molar-refractivity contribution in [2.24, 2.45) is 0 Å². The van der Waals surface area contributed by atoms with E-state index in [-0.39, 0.29) is 12.3 Å². The Morgan fingerprint density at radius 3 is 1.63 bits per heavy atom. The van der Waals surface area contributed by atoms with Crippen LogP contribution in [-0.2, 0) is 50.1 Å². The molecule has 9 heteroatoms. The summed E-state index contributed by atoms with van der Waals surface area (Å²) < 4.78 is 33.8. The lowest BCUT2D eigenvalue weighted by Crippen LogP contribution is -2.58. The summed E-state index contributed by atoms with van der Waals surface area (Å²) in [4.78, 5) is 14.4. The Kier molecular flexibility index (Phi) is 11.2. The average Bonchev–Trinajstić information content (AvgIpc) is 3.60. The number of nitro benzene ring substituents is 1. The van der Waals surface area contributed by atoms with E-state index in [9.17, 15) is 10.1 Å². The van der Waals surface area contributed by atoms with Gasteiger partial charge in [-0.25, -0.2) is 0 Å². The quantitative estimate of drug-likeness (QED) is 0.0855. The van der Waals surface area contributed by atoms with Gasteiger partial charge in [-0.2, -0.15) is 0 Å². The molecule has 1 unspecified atom stereocenters. The predicted octanol–water partition coefficient (Wildman–Crippen LogP) is 8.49. The molecule has 5 atom stereocenters. The first-order valence-corrected chi connectivity index (χ1v) is 17.1. The maximum absolute atomic E-state index is 11.6. The molecule has 5 aromatic carbocycles. The second kappa shape index (κ2) is 16.7.